The standard InChI is InChI=1S/C8H14N2O/c1-2-7(9)6-5-11-4-3-8(6)10/h9H,2-5,10H2,1H3. The van der Waals surface area contributed by atoms with Gasteiger partial charge in [0.25, 0.3) is 0 Å². The third kappa shape index (κ3) is 1.80. The predicted octanol–water partition coefficient (Wildman–Crippen LogP) is 1.05. The molecule has 3 nitrogen and oxygen atoms in total. The minimum atomic E-state index is 0.526. The monoisotopic (exact) mass is 154 g/mol. The SMILES string of the molecule is CCC(=N)C1=C(N)CCOC1. The van der Waals surface area contributed by atoms with Gasteiger partial charge in [-0.1, -0.05) is 6.92 Å². The van der Waals surface area contributed by atoms with E-state index in [0.717, 1.165) is 24.1 Å². The second-order valence-electron chi connectivity index (χ2n) is 2.64. The van der Waals surface area contributed by atoms with E-state index in [4.69, 9.17) is 15.9 Å². The largest absolute Gasteiger partial charge is 0.402 e. The van der Waals surface area contributed by atoms with Crippen molar-refractivity contribution in [1.82, 2.24) is 0 Å². The highest BCUT2D eigenvalue weighted by molar-refractivity contribution is 5.98. The van der Waals surface area contributed by atoms with Gasteiger partial charge in [0.2, 0.25) is 0 Å². The molecule has 0 bridgehead atoms. The lowest BCUT2D eigenvalue weighted by atomic mass is 10.0. The van der Waals surface area contributed by atoms with Crippen molar-refractivity contribution >= 4 is 5.71 Å². The maximum atomic E-state index is 7.54. The molecular formula is C8H14N2O. The van der Waals surface area contributed by atoms with Gasteiger partial charge in [0.05, 0.1) is 13.2 Å². The summed E-state index contributed by atoms with van der Waals surface area (Å²) in [5.41, 5.74) is 8.07. The van der Waals surface area contributed by atoms with Crippen LogP contribution in [0.5, 0.6) is 0 Å². The van der Waals surface area contributed by atoms with Gasteiger partial charge in [-0.05, 0) is 6.42 Å². The normalized spacial score (nSPS) is 18.6. The Kier molecular flexibility index (Phi) is 2.65. The van der Waals surface area contributed by atoms with E-state index in [9.17, 15) is 0 Å². The van der Waals surface area contributed by atoms with Crippen LogP contribution in [-0.2, 0) is 4.74 Å². The molecule has 1 heterocycles. The fraction of sp³-hybridized carbons (Fsp3) is 0.625. The highest BCUT2D eigenvalue weighted by Crippen LogP contribution is 2.12. The summed E-state index contributed by atoms with van der Waals surface area (Å²) in [5, 5.41) is 7.54. The fourth-order valence-electron chi connectivity index (χ4n) is 1.09. The van der Waals surface area contributed by atoms with E-state index in [1.54, 1.807) is 0 Å². The molecule has 0 aromatic carbocycles. The summed E-state index contributed by atoms with van der Waals surface area (Å²) < 4.78 is 5.20. The molecule has 1 aliphatic heterocycles. The summed E-state index contributed by atoms with van der Waals surface area (Å²) in [6.45, 7) is 3.18. The van der Waals surface area contributed by atoms with Crippen LogP contribution in [0.2, 0.25) is 0 Å². The lowest BCUT2D eigenvalue weighted by molar-refractivity contribution is 0.149. The van der Waals surface area contributed by atoms with Crippen LogP contribution in [0.3, 0.4) is 0 Å². The first kappa shape index (κ1) is 8.27. The fourth-order valence-corrected chi connectivity index (χ4v) is 1.09. The Morgan fingerprint density at radius 2 is 2.45 bits per heavy atom. The molecule has 3 N–H and O–H groups in total. The third-order valence-electron chi connectivity index (χ3n) is 1.87. The number of hydrogen-bond donors (Lipinski definition) is 2. The summed E-state index contributed by atoms with van der Waals surface area (Å²) >= 11 is 0. The molecule has 0 aromatic rings. The summed E-state index contributed by atoms with van der Waals surface area (Å²) in [5.74, 6) is 0. The molecule has 0 unspecified atom stereocenters. The maximum Gasteiger partial charge on any atom is 0.0751 e. The third-order valence-corrected chi connectivity index (χ3v) is 1.87. The summed E-state index contributed by atoms with van der Waals surface area (Å²) in [6.07, 6.45) is 1.51. The van der Waals surface area contributed by atoms with E-state index in [-0.39, 0.29) is 0 Å². The van der Waals surface area contributed by atoms with E-state index in [2.05, 4.69) is 0 Å². The molecule has 0 aromatic heterocycles. The Labute approximate surface area is 66.7 Å². The first-order valence-electron chi connectivity index (χ1n) is 3.88. The highest BCUT2D eigenvalue weighted by atomic mass is 16.5. The summed E-state index contributed by atoms with van der Waals surface area (Å²) in [6, 6.07) is 0. The van der Waals surface area contributed by atoms with Gasteiger partial charge in [-0.2, -0.15) is 0 Å². The molecule has 62 valence electrons. The molecule has 0 amide bonds. The van der Waals surface area contributed by atoms with E-state index in [1.165, 1.54) is 0 Å². The van der Waals surface area contributed by atoms with Gasteiger partial charge in [0.1, 0.15) is 0 Å². The van der Waals surface area contributed by atoms with Gasteiger partial charge in [0.15, 0.2) is 0 Å². The average Bonchev–Trinajstić information content (AvgIpc) is 2.04. The van der Waals surface area contributed by atoms with Gasteiger partial charge in [-0.25, -0.2) is 0 Å². The Morgan fingerprint density at radius 3 is 3.00 bits per heavy atom. The topological polar surface area (TPSA) is 59.1 Å². The molecule has 1 rings (SSSR count). The Morgan fingerprint density at radius 1 is 1.73 bits per heavy atom. The van der Waals surface area contributed by atoms with Crippen molar-refractivity contribution in [1.29, 1.82) is 5.41 Å². The van der Waals surface area contributed by atoms with Crippen LogP contribution in [0.4, 0.5) is 0 Å². The Hall–Kier alpha value is -0.830. The van der Waals surface area contributed by atoms with E-state index in [0.29, 0.717) is 18.9 Å². The molecular weight excluding hydrogens is 140 g/mol. The quantitative estimate of drug-likeness (QED) is 0.584. The minimum Gasteiger partial charge on any atom is -0.402 e. The number of nitrogens with two attached hydrogens (primary N) is 1. The molecule has 0 atom stereocenters. The molecule has 0 aliphatic carbocycles. The second kappa shape index (κ2) is 3.53. The number of ether oxygens (including phenoxy) is 1. The first-order chi connectivity index (χ1) is 5.25. The van der Waals surface area contributed by atoms with Crippen LogP contribution >= 0.6 is 0 Å². The van der Waals surface area contributed by atoms with Crippen molar-refractivity contribution in [3.05, 3.63) is 11.3 Å². The van der Waals surface area contributed by atoms with Crippen molar-refractivity contribution < 1.29 is 4.74 Å². The zero-order valence-corrected chi connectivity index (χ0v) is 6.81. The minimum absolute atomic E-state index is 0.526. The van der Waals surface area contributed by atoms with Gasteiger partial charge in [-0.15, -0.1) is 0 Å². The molecule has 0 fully saturated rings. The van der Waals surface area contributed by atoms with Crippen molar-refractivity contribution in [2.24, 2.45) is 5.73 Å². The van der Waals surface area contributed by atoms with E-state index in [1.807, 2.05) is 6.92 Å². The number of nitrogens with one attached hydrogen (secondary N) is 1. The van der Waals surface area contributed by atoms with E-state index < -0.39 is 0 Å². The highest BCUT2D eigenvalue weighted by Gasteiger charge is 2.12. The average molecular weight is 154 g/mol. The van der Waals surface area contributed by atoms with Crippen molar-refractivity contribution in [2.45, 2.75) is 19.8 Å². The Bertz CT molecular complexity index is 196. The van der Waals surface area contributed by atoms with Crippen LogP contribution in [-0.4, -0.2) is 18.9 Å². The summed E-state index contributed by atoms with van der Waals surface area (Å²) in [7, 11) is 0. The number of rotatable bonds is 2. The van der Waals surface area contributed by atoms with Crippen molar-refractivity contribution in [3.8, 4) is 0 Å². The molecule has 3 heteroatoms. The second-order valence-corrected chi connectivity index (χ2v) is 2.64. The van der Waals surface area contributed by atoms with Crippen LogP contribution in [0, 0.1) is 5.41 Å². The van der Waals surface area contributed by atoms with Gasteiger partial charge < -0.3 is 15.9 Å². The van der Waals surface area contributed by atoms with Crippen LogP contribution < -0.4 is 5.73 Å². The lowest BCUT2D eigenvalue weighted by Gasteiger charge is -2.17. The smallest absolute Gasteiger partial charge is 0.0751 e. The number of hydrogen-bond acceptors (Lipinski definition) is 3. The van der Waals surface area contributed by atoms with Crippen LogP contribution in [0.1, 0.15) is 19.8 Å². The van der Waals surface area contributed by atoms with Crippen molar-refractivity contribution in [2.75, 3.05) is 13.2 Å². The maximum absolute atomic E-state index is 7.54. The van der Waals surface area contributed by atoms with E-state index >= 15 is 0 Å². The van der Waals surface area contributed by atoms with Crippen LogP contribution in [0.15, 0.2) is 11.3 Å². The molecule has 1 aliphatic rings. The van der Waals surface area contributed by atoms with Gasteiger partial charge in [-0.3, -0.25) is 0 Å². The lowest BCUT2D eigenvalue weighted by Crippen LogP contribution is -2.21. The van der Waals surface area contributed by atoms with Gasteiger partial charge in [0, 0.05) is 23.4 Å². The zero-order valence-electron chi connectivity index (χ0n) is 6.81. The zero-order chi connectivity index (χ0) is 8.27. The van der Waals surface area contributed by atoms with Crippen molar-refractivity contribution in [3.63, 3.8) is 0 Å². The van der Waals surface area contributed by atoms with Gasteiger partial charge >= 0.3 is 0 Å². The predicted molar refractivity (Wildman–Crippen MR) is 44.7 cm³/mol. The Balaban J connectivity index is 2.74. The molecule has 11 heavy (non-hydrogen) atoms. The first-order valence-corrected chi connectivity index (χ1v) is 3.88. The molecule has 0 saturated heterocycles. The summed E-state index contributed by atoms with van der Waals surface area (Å²) in [4.78, 5) is 0. The molecule has 0 saturated carbocycles. The van der Waals surface area contributed by atoms with Crippen LogP contribution in [0.25, 0.3) is 0 Å². The molecule has 0 radical (unpaired) electrons. The molecule has 0 spiro atoms.